The molecule has 0 aliphatic rings. The molecule has 1 rings (SSSR count). The fourth-order valence-electron chi connectivity index (χ4n) is 1.57. The van der Waals surface area contributed by atoms with Gasteiger partial charge in [0, 0.05) is 12.1 Å². The van der Waals surface area contributed by atoms with Crippen molar-refractivity contribution in [2.75, 3.05) is 0 Å². The van der Waals surface area contributed by atoms with Crippen molar-refractivity contribution in [2.45, 2.75) is 26.2 Å². The maximum atomic E-state index is 11.6. The van der Waals surface area contributed by atoms with Crippen LogP contribution < -0.4 is 0 Å². The second-order valence-corrected chi connectivity index (χ2v) is 3.48. The minimum absolute atomic E-state index is 0.0130. The fraction of sp³-hybridized carbons (Fsp3) is 0.333. The highest BCUT2D eigenvalue weighted by Gasteiger charge is 2.20. The van der Waals surface area contributed by atoms with Gasteiger partial charge in [0.05, 0.1) is 10.8 Å². The van der Waals surface area contributed by atoms with Gasteiger partial charge in [-0.05, 0) is 18.9 Å². The van der Waals surface area contributed by atoms with E-state index in [9.17, 15) is 14.9 Å². The number of carbonyl (C=O) groups is 1. The van der Waals surface area contributed by atoms with Crippen LogP contribution in [0.4, 0.5) is 5.69 Å². The Labute approximate surface area is 99.5 Å². The van der Waals surface area contributed by atoms with Crippen molar-refractivity contribution in [1.82, 2.24) is 0 Å². The van der Waals surface area contributed by atoms with Crippen molar-refractivity contribution in [3.63, 3.8) is 0 Å². The van der Waals surface area contributed by atoms with Crippen LogP contribution in [0.25, 0.3) is 0 Å². The van der Waals surface area contributed by atoms with Crippen LogP contribution >= 0.6 is 0 Å². The monoisotopic (exact) mass is 236 g/mol. The van der Waals surface area contributed by atoms with Crippen LogP contribution in [0.3, 0.4) is 0 Å². The second kappa shape index (κ2) is 5.98. The van der Waals surface area contributed by atoms with Crippen molar-refractivity contribution >= 4 is 11.7 Å². The molecule has 0 spiro atoms. The van der Waals surface area contributed by atoms with Gasteiger partial charge in [-0.2, -0.15) is 0 Å². The Kier molecular flexibility index (Phi) is 4.63. The maximum Gasteiger partial charge on any atom is 0.313 e. The normalized spacial score (nSPS) is 11.9. The molecule has 0 N–H and O–H groups in total. The molecule has 1 atom stereocenters. The van der Waals surface area contributed by atoms with E-state index in [1.165, 1.54) is 18.7 Å². The van der Waals surface area contributed by atoms with Crippen LogP contribution in [-0.2, 0) is 9.53 Å². The molecule has 17 heavy (non-hydrogen) atoms. The first-order valence-electron chi connectivity index (χ1n) is 5.32. The highest BCUT2D eigenvalue weighted by Crippen LogP contribution is 2.23. The summed E-state index contributed by atoms with van der Waals surface area (Å²) in [5.41, 5.74) is 0.740. The summed E-state index contributed by atoms with van der Waals surface area (Å²) < 4.78 is 4.83. The molecule has 0 bridgehead atoms. The van der Waals surface area contributed by atoms with Crippen molar-refractivity contribution < 1.29 is 14.5 Å². The standard InChI is InChI=1S/C12H14NO4/c1-3-11(12(14)17-4-2)9-5-7-10(8-6-9)13(15)16/h4-8,11H,3H2,1-2H3. The molecular weight excluding hydrogens is 222 g/mol. The minimum Gasteiger partial charge on any atom is -0.458 e. The zero-order valence-electron chi connectivity index (χ0n) is 9.75. The molecule has 5 heteroatoms. The van der Waals surface area contributed by atoms with Crippen molar-refractivity contribution in [2.24, 2.45) is 0 Å². The van der Waals surface area contributed by atoms with Crippen molar-refractivity contribution in [3.8, 4) is 0 Å². The molecule has 1 aromatic rings. The van der Waals surface area contributed by atoms with Crippen LogP contribution in [-0.4, -0.2) is 10.9 Å². The Balaban J connectivity index is 2.89. The smallest absolute Gasteiger partial charge is 0.313 e. The molecule has 1 radical (unpaired) electrons. The van der Waals surface area contributed by atoms with Crippen LogP contribution in [0, 0.1) is 16.7 Å². The zero-order chi connectivity index (χ0) is 12.8. The summed E-state index contributed by atoms with van der Waals surface area (Å²) >= 11 is 0. The lowest BCUT2D eigenvalue weighted by molar-refractivity contribution is -0.384. The van der Waals surface area contributed by atoms with Gasteiger partial charge >= 0.3 is 5.97 Å². The van der Waals surface area contributed by atoms with Crippen molar-refractivity contribution in [1.29, 1.82) is 0 Å². The summed E-state index contributed by atoms with van der Waals surface area (Å²) in [5, 5.41) is 10.5. The molecule has 0 amide bonds. The number of nitro groups is 1. The van der Waals surface area contributed by atoms with E-state index in [1.807, 2.05) is 6.92 Å². The van der Waals surface area contributed by atoms with Gasteiger partial charge in [0.1, 0.15) is 6.61 Å². The topological polar surface area (TPSA) is 69.4 Å². The number of nitrogens with zero attached hydrogens (tertiary/aromatic N) is 1. The number of hydrogen-bond donors (Lipinski definition) is 0. The van der Waals surface area contributed by atoms with Gasteiger partial charge in [-0.3, -0.25) is 14.9 Å². The van der Waals surface area contributed by atoms with Gasteiger partial charge in [-0.25, -0.2) is 0 Å². The molecule has 0 heterocycles. The first kappa shape index (κ1) is 13.2. The number of ether oxygens (including phenoxy) is 1. The van der Waals surface area contributed by atoms with Gasteiger partial charge in [-0.15, -0.1) is 0 Å². The van der Waals surface area contributed by atoms with E-state index in [2.05, 4.69) is 0 Å². The summed E-state index contributed by atoms with van der Waals surface area (Å²) in [6, 6.07) is 5.95. The second-order valence-electron chi connectivity index (χ2n) is 3.48. The van der Waals surface area contributed by atoms with Crippen LogP contribution in [0.1, 0.15) is 31.7 Å². The summed E-state index contributed by atoms with van der Waals surface area (Å²) in [4.78, 5) is 21.6. The third kappa shape index (κ3) is 3.27. The predicted octanol–water partition coefficient (Wildman–Crippen LogP) is 2.81. The highest BCUT2D eigenvalue weighted by molar-refractivity contribution is 5.78. The molecule has 1 aromatic carbocycles. The number of carbonyl (C=O) groups excluding carboxylic acids is 1. The molecule has 0 aliphatic carbocycles. The van der Waals surface area contributed by atoms with E-state index in [1.54, 1.807) is 19.1 Å². The van der Waals surface area contributed by atoms with Gasteiger partial charge < -0.3 is 4.74 Å². The molecule has 5 nitrogen and oxygen atoms in total. The Morgan fingerprint density at radius 1 is 1.47 bits per heavy atom. The molecular formula is C12H14NO4. The first-order valence-corrected chi connectivity index (χ1v) is 5.32. The fourth-order valence-corrected chi connectivity index (χ4v) is 1.57. The van der Waals surface area contributed by atoms with E-state index >= 15 is 0 Å². The average Bonchev–Trinajstić information content (AvgIpc) is 2.31. The highest BCUT2D eigenvalue weighted by atomic mass is 16.6. The number of non-ortho nitro benzene ring substituents is 1. The largest absolute Gasteiger partial charge is 0.458 e. The van der Waals surface area contributed by atoms with Crippen LogP contribution in [0.2, 0.25) is 0 Å². The number of benzene rings is 1. The summed E-state index contributed by atoms with van der Waals surface area (Å²) in [6.07, 6.45) is 0.588. The molecule has 91 valence electrons. The Morgan fingerprint density at radius 2 is 2.06 bits per heavy atom. The third-order valence-corrected chi connectivity index (χ3v) is 2.43. The van der Waals surface area contributed by atoms with Crippen molar-refractivity contribution in [3.05, 3.63) is 46.6 Å². The molecule has 0 fully saturated rings. The lowest BCUT2D eigenvalue weighted by Crippen LogP contribution is -2.13. The van der Waals surface area contributed by atoms with Crippen LogP contribution in [0.15, 0.2) is 24.3 Å². The van der Waals surface area contributed by atoms with Crippen LogP contribution in [0.5, 0.6) is 0 Å². The van der Waals surface area contributed by atoms with Gasteiger partial charge in [-0.1, -0.05) is 19.1 Å². The van der Waals surface area contributed by atoms with E-state index in [0.717, 1.165) is 5.56 Å². The molecule has 1 unspecified atom stereocenters. The number of rotatable bonds is 5. The van der Waals surface area contributed by atoms with E-state index in [-0.39, 0.29) is 17.6 Å². The first-order chi connectivity index (χ1) is 8.10. The Bertz CT molecular complexity index is 399. The lowest BCUT2D eigenvalue weighted by atomic mass is 9.96. The van der Waals surface area contributed by atoms with Gasteiger partial charge in [0.15, 0.2) is 0 Å². The van der Waals surface area contributed by atoms with E-state index in [4.69, 9.17) is 4.74 Å². The lowest BCUT2D eigenvalue weighted by Gasteiger charge is -2.13. The molecule has 0 saturated carbocycles. The summed E-state index contributed by atoms with van der Waals surface area (Å²) in [6.45, 7) is 4.82. The molecule has 0 aromatic heterocycles. The quantitative estimate of drug-likeness (QED) is 0.447. The third-order valence-electron chi connectivity index (χ3n) is 2.43. The minimum atomic E-state index is -0.469. The SMILES string of the molecule is C[CH]OC(=O)C(CC)c1ccc([N+](=O)[O-])cc1. The van der Waals surface area contributed by atoms with E-state index < -0.39 is 4.92 Å². The Morgan fingerprint density at radius 3 is 2.47 bits per heavy atom. The molecule has 0 saturated heterocycles. The maximum absolute atomic E-state index is 11.6. The summed E-state index contributed by atoms with van der Waals surface area (Å²) in [7, 11) is 0. The molecule has 0 aliphatic heterocycles. The van der Waals surface area contributed by atoms with E-state index in [0.29, 0.717) is 6.42 Å². The number of esters is 1. The van der Waals surface area contributed by atoms with Gasteiger partial charge in [0.2, 0.25) is 0 Å². The average molecular weight is 236 g/mol. The summed E-state index contributed by atoms with van der Waals surface area (Å²) in [5.74, 6) is -0.726. The zero-order valence-corrected chi connectivity index (χ0v) is 9.75. The number of nitro benzene ring substituents is 1. The predicted molar refractivity (Wildman–Crippen MR) is 62.2 cm³/mol. The number of hydrogen-bond acceptors (Lipinski definition) is 4. The Hall–Kier alpha value is -1.91. The van der Waals surface area contributed by atoms with Gasteiger partial charge in [0.25, 0.3) is 5.69 Å².